The first kappa shape index (κ1) is 13.0. The van der Waals surface area contributed by atoms with E-state index in [1.165, 1.54) is 0 Å². The van der Waals surface area contributed by atoms with Crippen LogP contribution in [0.5, 0.6) is 0 Å². The van der Waals surface area contributed by atoms with E-state index < -0.39 is 0 Å². The Kier molecular flexibility index (Phi) is 4.64. The topological polar surface area (TPSA) is 54.4 Å². The minimum absolute atomic E-state index is 0.0473. The van der Waals surface area contributed by atoms with Crippen LogP contribution in [0.15, 0.2) is 36.5 Å². The van der Waals surface area contributed by atoms with Crippen molar-refractivity contribution in [3.05, 3.63) is 42.1 Å². The van der Waals surface area contributed by atoms with Crippen molar-refractivity contribution >= 4 is 10.9 Å². The molecular weight excluding hydrogens is 228 g/mol. The molecule has 1 heterocycles. The number of aliphatic hydroxyl groups is 1. The molecule has 0 aliphatic rings. The van der Waals surface area contributed by atoms with Crippen LogP contribution in [-0.2, 0) is 11.3 Å². The maximum absolute atomic E-state index is 9.19. The number of hydrogen-bond acceptors (Lipinski definition) is 4. The van der Waals surface area contributed by atoms with Gasteiger partial charge in [0.1, 0.15) is 0 Å². The molecule has 2 N–H and O–H groups in total. The summed E-state index contributed by atoms with van der Waals surface area (Å²) in [5.74, 6) is 0. The number of benzene rings is 1. The van der Waals surface area contributed by atoms with Gasteiger partial charge in [-0.15, -0.1) is 0 Å². The molecule has 96 valence electrons. The summed E-state index contributed by atoms with van der Waals surface area (Å²) in [7, 11) is 1.63. The quantitative estimate of drug-likeness (QED) is 0.807. The van der Waals surface area contributed by atoms with Crippen LogP contribution in [0.1, 0.15) is 5.56 Å². The predicted molar refractivity (Wildman–Crippen MR) is 71.3 cm³/mol. The lowest BCUT2D eigenvalue weighted by atomic mass is 10.1. The summed E-state index contributed by atoms with van der Waals surface area (Å²) < 4.78 is 5.03. The standard InChI is InChI=1S/C14H18N2O2/c1-18-10-13(9-17)16-8-12-5-2-4-11-6-3-7-15-14(11)12/h2-7,13,16-17H,8-10H2,1H3. The molecule has 0 bridgehead atoms. The molecule has 4 nitrogen and oxygen atoms in total. The van der Waals surface area contributed by atoms with Crippen LogP contribution in [0.25, 0.3) is 10.9 Å². The Hall–Kier alpha value is -1.49. The van der Waals surface area contributed by atoms with E-state index in [9.17, 15) is 5.11 Å². The molecule has 1 aromatic heterocycles. The lowest BCUT2D eigenvalue weighted by Gasteiger charge is -2.15. The number of nitrogens with zero attached hydrogens (tertiary/aromatic N) is 1. The Labute approximate surface area is 107 Å². The average Bonchev–Trinajstić information content (AvgIpc) is 2.43. The zero-order valence-corrected chi connectivity index (χ0v) is 10.5. The number of para-hydroxylation sites is 1. The molecule has 0 radical (unpaired) electrons. The van der Waals surface area contributed by atoms with Gasteiger partial charge in [0.05, 0.1) is 24.8 Å². The molecule has 1 aromatic carbocycles. The van der Waals surface area contributed by atoms with Crippen LogP contribution in [0.3, 0.4) is 0 Å². The van der Waals surface area contributed by atoms with E-state index in [0.29, 0.717) is 13.2 Å². The van der Waals surface area contributed by atoms with Gasteiger partial charge in [0.2, 0.25) is 0 Å². The Morgan fingerprint density at radius 3 is 2.94 bits per heavy atom. The Morgan fingerprint density at radius 1 is 1.33 bits per heavy atom. The zero-order chi connectivity index (χ0) is 12.8. The second-order valence-electron chi connectivity index (χ2n) is 4.21. The maximum Gasteiger partial charge on any atom is 0.0746 e. The highest BCUT2D eigenvalue weighted by molar-refractivity contribution is 5.81. The largest absolute Gasteiger partial charge is 0.395 e. The summed E-state index contributed by atoms with van der Waals surface area (Å²) in [6, 6.07) is 10.0. The Bertz CT molecular complexity index is 497. The third kappa shape index (κ3) is 3.04. The smallest absolute Gasteiger partial charge is 0.0746 e. The first-order valence-corrected chi connectivity index (χ1v) is 6.01. The van der Waals surface area contributed by atoms with Gasteiger partial charge in [0.25, 0.3) is 0 Å². The fraction of sp³-hybridized carbons (Fsp3) is 0.357. The molecule has 0 saturated heterocycles. The van der Waals surface area contributed by atoms with E-state index in [4.69, 9.17) is 4.74 Å². The van der Waals surface area contributed by atoms with Gasteiger partial charge >= 0.3 is 0 Å². The number of rotatable bonds is 6. The molecule has 1 unspecified atom stereocenters. The highest BCUT2D eigenvalue weighted by atomic mass is 16.5. The highest BCUT2D eigenvalue weighted by Gasteiger charge is 2.07. The van der Waals surface area contributed by atoms with Gasteiger partial charge in [-0.3, -0.25) is 4.98 Å². The minimum atomic E-state index is -0.0473. The van der Waals surface area contributed by atoms with Gasteiger partial charge in [-0.05, 0) is 11.6 Å². The molecule has 2 aromatic rings. The molecule has 18 heavy (non-hydrogen) atoms. The number of fused-ring (bicyclic) bond motifs is 1. The van der Waals surface area contributed by atoms with Crippen LogP contribution in [0, 0.1) is 0 Å². The Balaban J connectivity index is 2.11. The first-order chi connectivity index (χ1) is 8.85. The summed E-state index contributed by atoms with van der Waals surface area (Å²) in [6.45, 7) is 1.23. The SMILES string of the molecule is COCC(CO)NCc1cccc2cccnc12. The van der Waals surface area contributed by atoms with Crippen molar-refractivity contribution in [1.29, 1.82) is 0 Å². The highest BCUT2D eigenvalue weighted by Crippen LogP contribution is 2.15. The fourth-order valence-electron chi connectivity index (χ4n) is 1.94. The van der Waals surface area contributed by atoms with Gasteiger partial charge in [-0.2, -0.15) is 0 Å². The van der Waals surface area contributed by atoms with Gasteiger partial charge in [-0.25, -0.2) is 0 Å². The maximum atomic E-state index is 9.19. The number of aliphatic hydroxyl groups excluding tert-OH is 1. The van der Waals surface area contributed by atoms with Crippen molar-refractivity contribution in [3.63, 3.8) is 0 Å². The zero-order valence-electron chi connectivity index (χ0n) is 10.5. The molecule has 1 atom stereocenters. The van der Waals surface area contributed by atoms with E-state index >= 15 is 0 Å². The van der Waals surface area contributed by atoms with Crippen molar-refractivity contribution in [1.82, 2.24) is 10.3 Å². The predicted octanol–water partition coefficient (Wildman–Crippen LogP) is 1.33. The van der Waals surface area contributed by atoms with Crippen molar-refractivity contribution in [3.8, 4) is 0 Å². The van der Waals surface area contributed by atoms with E-state index in [0.717, 1.165) is 16.5 Å². The second kappa shape index (κ2) is 6.44. The number of nitrogens with one attached hydrogen (secondary N) is 1. The minimum Gasteiger partial charge on any atom is -0.395 e. The average molecular weight is 246 g/mol. The van der Waals surface area contributed by atoms with E-state index in [1.807, 2.05) is 30.3 Å². The molecule has 0 fully saturated rings. The molecule has 2 rings (SSSR count). The van der Waals surface area contributed by atoms with Gasteiger partial charge in [0.15, 0.2) is 0 Å². The van der Waals surface area contributed by atoms with Crippen LogP contribution in [0.4, 0.5) is 0 Å². The molecule has 0 amide bonds. The third-order valence-electron chi connectivity index (χ3n) is 2.89. The molecule has 0 spiro atoms. The van der Waals surface area contributed by atoms with Crippen LogP contribution in [-0.4, -0.2) is 36.5 Å². The number of methoxy groups -OCH3 is 1. The van der Waals surface area contributed by atoms with Crippen molar-refractivity contribution in [2.75, 3.05) is 20.3 Å². The van der Waals surface area contributed by atoms with Crippen LogP contribution in [0.2, 0.25) is 0 Å². The van der Waals surface area contributed by atoms with Crippen molar-refractivity contribution < 1.29 is 9.84 Å². The fourth-order valence-corrected chi connectivity index (χ4v) is 1.94. The van der Waals surface area contributed by atoms with Gasteiger partial charge in [-0.1, -0.05) is 24.3 Å². The summed E-state index contributed by atoms with van der Waals surface area (Å²) in [6.07, 6.45) is 1.80. The molecule has 0 aliphatic carbocycles. The summed E-state index contributed by atoms with van der Waals surface area (Å²) in [5, 5.41) is 13.6. The number of hydrogen-bond donors (Lipinski definition) is 2. The van der Waals surface area contributed by atoms with Crippen LogP contribution < -0.4 is 5.32 Å². The molecular formula is C14H18N2O2. The Morgan fingerprint density at radius 2 is 2.17 bits per heavy atom. The lowest BCUT2D eigenvalue weighted by molar-refractivity contribution is 0.128. The van der Waals surface area contributed by atoms with Gasteiger partial charge in [0, 0.05) is 25.2 Å². The molecule has 0 aliphatic heterocycles. The monoisotopic (exact) mass is 246 g/mol. The number of pyridine rings is 1. The van der Waals surface area contributed by atoms with E-state index in [1.54, 1.807) is 13.3 Å². The normalized spacial score (nSPS) is 12.8. The third-order valence-corrected chi connectivity index (χ3v) is 2.89. The van der Waals surface area contributed by atoms with E-state index in [2.05, 4.69) is 10.3 Å². The van der Waals surface area contributed by atoms with Crippen LogP contribution >= 0.6 is 0 Å². The lowest BCUT2D eigenvalue weighted by Crippen LogP contribution is -2.35. The summed E-state index contributed by atoms with van der Waals surface area (Å²) in [4.78, 5) is 4.40. The van der Waals surface area contributed by atoms with Crippen molar-refractivity contribution in [2.45, 2.75) is 12.6 Å². The molecule has 0 saturated carbocycles. The first-order valence-electron chi connectivity index (χ1n) is 6.01. The van der Waals surface area contributed by atoms with Crippen molar-refractivity contribution in [2.24, 2.45) is 0 Å². The number of aromatic nitrogens is 1. The molecule has 4 heteroatoms. The summed E-state index contributed by atoms with van der Waals surface area (Å²) >= 11 is 0. The van der Waals surface area contributed by atoms with E-state index in [-0.39, 0.29) is 12.6 Å². The second-order valence-corrected chi connectivity index (χ2v) is 4.21. The summed E-state index contributed by atoms with van der Waals surface area (Å²) in [5.41, 5.74) is 2.13. The number of ether oxygens (including phenoxy) is 1. The van der Waals surface area contributed by atoms with Gasteiger partial charge < -0.3 is 15.2 Å².